The monoisotopic (exact) mass is 305 g/mol. The SMILES string of the molecule is CCN(CC)C1CCN(C(=O)c2ccc(C(N)=S)cc2)C1. The molecule has 2 N–H and O–H groups in total. The van der Waals surface area contributed by atoms with E-state index < -0.39 is 0 Å². The highest BCUT2D eigenvalue weighted by molar-refractivity contribution is 7.80. The standard InChI is InChI=1S/C16H23N3OS/c1-3-18(4-2)14-9-10-19(11-14)16(20)13-7-5-12(6-8-13)15(17)21/h5-8,14H,3-4,9-11H2,1-2H3,(H2,17,21). The minimum Gasteiger partial charge on any atom is -0.389 e. The normalized spacial score (nSPS) is 18.2. The Morgan fingerprint density at radius 1 is 1.29 bits per heavy atom. The van der Waals surface area contributed by atoms with Crippen molar-refractivity contribution in [1.29, 1.82) is 0 Å². The second kappa shape index (κ2) is 7.00. The molecular formula is C16H23N3OS. The Kier molecular flexibility index (Phi) is 5.31. The molecule has 21 heavy (non-hydrogen) atoms. The van der Waals surface area contributed by atoms with E-state index in [2.05, 4.69) is 18.7 Å². The smallest absolute Gasteiger partial charge is 0.253 e. The van der Waals surface area contributed by atoms with Crippen LogP contribution in [0.5, 0.6) is 0 Å². The molecule has 1 aliphatic rings. The summed E-state index contributed by atoms with van der Waals surface area (Å²) in [6.07, 6.45) is 1.05. The van der Waals surface area contributed by atoms with Gasteiger partial charge in [-0.05, 0) is 31.6 Å². The second-order valence-electron chi connectivity index (χ2n) is 5.36. The van der Waals surface area contributed by atoms with Crippen molar-refractivity contribution >= 4 is 23.1 Å². The van der Waals surface area contributed by atoms with Crippen molar-refractivity contribution < 1.29 is 4.79 Å². The number of nitrogens with two attached hydrogens (primary N) is 1. The molecule has 0 radical (unpaired) electrons. The number of nitrogens with zero attached hydrogens (tertiary/aromatic N) is 2. The zero-order chi connectivity index (χ0) is 15.4. The van der Waals surface area contributed by atoms with Gasteiger partial charge in [-0.15, -0.1) is 0 Å². The fraction of sp³-hybridized carbons (Fsp3) is 0.500. The number of amides is 1. The number of carbonyl (C=O) groups excluding carboxylic acids is 1. The first-order chi connectivity index (χ1) is 10.1. The molecule has 0 aliphatic carbocycles. The lowest BCUT2D eigenvalue weighted by molar-refractivity contribution is 0.0778. The van der Waals surface area contributed by atoms with Crippen LogP contribution in [0.25, 0.3) is 0 Å². The van der Waals surface area contributed by atoms with Crippen LogP contribution in [0.15, 0.2) is 24.3 Å². The fourth-order valence-electron chi connectivity index (χ4n) is 2.92. The second-order valence-corrected chi connectivity index (χ2v) is 5.80. The summed E-state index contributed by atoms with van der Waals surface area (Å²) in [4.78, 5) is 17.2. The Balaban J connectivity index is 2.02. The highest BCUT2D eigenvalue weighted by atomic mass is 32.1. The third-order valence-electron chi connectivity index (χ3n) is 4.20. The first-order valence-corrected chi connectivity index (χ1v) is 7.90. The van der Waals surface area contributed by atoms with E-state index in [0.717, 1.165) is 38.2 Å². The van der Waals surface area contributed by atoms with E-state index in [1.807, 2.05) is 29.2 Å². The van der Waals surface area contributed by atoms with Crippen molar-refractivity contribution in [3.05, 3.63) is 35.4 Å². The maximum absolute atomic E-state index is 12.5. The van der Waals surface area contributed by atoms with Gasteiger partial charge in [0.05, 0.1) is 0 Å². The summed E-state index contributed by atoms with van der Waals surface area (Å²) in [5.74, 6) is 0.0964. The minimum atomic E-state index is 0.0964. The molecule has 1 heterocycles. The Morgan fingerprint density at radius 3 is 2.38 bits per heavy atom. The van der Waals surface area contributed by atoms with Crippen LogP contribution in [0.2, 0.25) is 0 Å². The van der Waals surface area contributed by atoms with E-state index in [9.17, 15) is 4.79 Å². The summed E-state index contributed by atoms with van der Waals surface area (Å²) in [7, 11) is 0. The predicted octanol–water partition coefficient (Wildman–Crippen LogP) is 1.88. The highest BCUT2D eigenvalue weighted by Gasteiger charge is 2.29. The van der Waals surface area contributed by atoms with E-state index in [-0.39, 0.29) is 5.91 Å². The summed E-state index contributed by atoms with van der Waals surface area (Å²) in [6.45, 7) is 8.05. The minimum absolute atomic E-state index is 0.0964. The molecule has 114 valence electrons. The average Bonchev–Trinajstić information content (AvgIpc) is 2.97. The summed E-state index contributed by atoms with van der Waals surface area (Å²) in [6, 6.07) is 7.73. The summed E-state index contributed by atoms with van der Waals surface area (Å²) in [5, 5.41) is 0. The van der Waals surface area contributed by atoms with Crippen molar-refractivity contribution in [2.45, 2.75) is 26.3 Å². The van der Waals surface area contributed by atoms with Crippen molar-refractivity contribution in [2.24, 2.45) is 5.73 Å². The van der Waals surface area contributed by atoms with Crippen LogP contribution >= 0.6 is 12.2 Å². The molecule has 2 rings (SSSR count). The molecule has 1 fully saturated rings. The maximum Gasteiger partial charge on any atom is 0.253 e. The Hall–Kier alpha value is -1.46. The van der Waals surface area contributed by atoms with Gasteiger partial charge in [-0.25, -0.2) is 0 Å². The lowest BCUT2D eigenvalue weighted by Crippen LogP contribution is -2.38. The van der Waals surface area contributed by atoms with Crippen molar-refractivity contribution in [2.75, 3.05) is 26.2 Å². The van der Waals surface area contributed by atoms with E-state index in [1.165, 1.54) is 0 Å². The lowest BCUT2D eigenvalue weighted by atomic mass is 10.1. The van der Waals surface area contributed by atoms with E-state index in [1.54, 1.807) is 0 Å². The van der Waals surface area contributed by atoms with Gasteiger partial charge in [0, 0.05) is 30.3 Å². The molecule has 1 unspecified atom stereocenters. The van der Waals surface area contributed by atoms with Crippen LogP contribution < -0.4 is 5.73 Å². The predicted molar refractivity (Wildman–Crippen MR) is 89.6 cm³/mol. The van der Waals surface area contributed by atoms with Crippen LogP contribution in [0.4, 0.5) is 0 Å². The first-order valence-electron chi connectivity index (χ1n) is 7.50. The molecule has 0 aromatic heterocycles. The molecule has 1 aliphatic heterocycles. The number of thiocarbonyl (C=S) groups is 1. The van der Waals surface area contributed by atoms with Crippen molar-refractivity contribution in [3.63, 3.8) is 0 Å². The van der Waals surface area contributed by atoms with Gasteiger partial charge in [0.15, 0.2) is 0 Å². The maximum atomic E-state index is 12.5. The van der Waals surface area contributed by atoms with E-state index in [0.29, 0.717) is 16.6 Å². The quantitative estimate of drug-likeness (QED) is 0.844. The summed E-state index contributed by atoms with van der Waals surface area (Å²) < 4.78 is 0. The van der Waals surface area contributed by atoms with Gasteiger partial charge < -0.3 is 10.6 Å². The molecule has 1 aromatic rings. The third-order valence-corrected chi connectivity index (χ3v) is 4.43. The molecule has 4 nitrogen and oxygen atoms in total. The summed E-state index contributed by atoms with van der Waals surface area (Å²) in [5.41, 5.74) is 7.07. The van der Waals surface area contributed by atoms with Gasteiger partial charge in [0.25, 0.3) is 5.91 Å². The van der Waals surface area contributed by atoms with Crippen LogP contribution in [0.1, 0.15) is 36.2 Å². The number of hydrogen-bond acceptors (Lipinski definition) is 3. The molecular weight excluding hydrogens is 282 g/mol. The van der Waals surface area contributed by atoms with E-state index >= 15 is 0 Å². The molecule has 0 saturated carbocycles. The third kappa shape index (κ3) is 3.60. The number of benzene rings is 1. The molecule has 0 bridgehead atoms. The summed E-state index contributed by atoms with van der Waals surface area (Å²) >= 11 is 4.93. The topological polar surface area (TPSA) is 49.6 Å². The van der Waals surface area contributed by atoms with Gasteiger partial charge >= 0.3 is 0 Å². The molecule has 1 saturated heterocycles. The molecule has 0 spiro atoms. The van der Waals surface area contributed by atoms with Gasteiger partial charge in [0.1, 0.15) is 4.99 Å². The van der Waals surface area contributed by atoms with E-state index in [4.69, 9.17) is 18.0 Å². The molecule has 1 amide bonds. The lowest BCUT2D eigenvalue weighted by Gasteiger charge is -2.26. The number of likely N-dealkylation sites (tertiary alicyclic amines) is 1. The highest BCUT2D eigenvalue weighted by Crippen LogP contribution is 2.18. The van der Waals surface area contributed by atoms with Crippen LogP contribution in [-0.4, -0.2) is 52.9 Å². The molecule has 1 atom stereocenters. The number of likely N-dealkylation sites (N-methyl/N-ethyl adjacent to an activating group) is 1. The van der Waals surface area contributed by atoms with Gasteiger partial charge in [-0.2, -0.15) is 0 Å². The Morgan fingerprint density at radius 2 is 1.86 bits per heavy atom. The Labute approximate surface area is 131 Å². The number of rotatable bonds is 5. The van der Waals surface area contributed by atoms with Gasteiger partial charge in [-0.1, -0.05) is 38.2 Å². The van der Waals surface area contributed by atoms with Crippen molar-refractivity contribution in [1.82, 2.24) is 9.80 Å². The zero-order valence-electron chi connectivity index (χ0n) is 12.7. The van der Waals surface area contributed by atoms with Crippen LogP contribution in [0, 0.1) is 0 Å². The zero-order valence-corrected chi connectivity index (χ0v) is 13.5. The fourth-order valence-corrected chi connectivity index (χ4v) is 3.06. The first kappa shape index (κ1) is 15.9. The number of carbonyl (C=O) groups is 1. The van der Waals surface area contributed by atoms with Crippen LogP contribution in [-0.2, 0) is 0 Å². The largest absolute Gasteiger partial charge is 0.389 e. The Bertz CT molecular complexity index is 511. The average molecular weight is 305 g/mol. The number of hydrogen-bond donors (Lipinski definition) is 1. The molecule has 5 heteroatoms. The molecule has 1 aromatic carbocycles. The van der Waals surface area contributed by atoms with Crippen molar-refractivity contribution in [3.8, 4) is 0 Å². The van der Waals surface area contributed by atoms with Gasteiger partial charge in [0.2, 0.25) is 0 Å². The van der Waals surface area contributed by atoms with Gasteiger partial charge in [-0.3, -0.25) is 9.69 Å². The van der Waals surface area contributed by atoms with Crippen LogP contribution in [0.3, 0.4) is 0 Å².